The van der Waals surface area contributed by atoms with Crippen molar-refractivity contribution in [3.8, 4) is 0 Å². The highest BCUT2D eigenvalue weighted by atomic mass is 19.3. The summed E-state index contributed by atoms with van der Waals surface area (Å²) in [6, 6.07) is 0. The first-order valence-corrected chi connectivity index (χ1v) is 7.77. The molecule has 3 nitrogen and oxygen atoms in total. The average Bonchev–Trinajstić information content (AvgIpc) is 2.86. The Hall–Kier alpha value is -0.260. The monoisotopic (exact) mass is 290 g/mol. The highest BCUT2D eigenvalue weighted by molar-refractivity contribution is 4.94. The third-order valence-corrected chi connectivity index (χ3v) is 5.33. The van der Waals surface area contributed by atoms with Gasteiger partial charge in [0.05, 0.1) is 18.3 Å². The van der Waals surface area contributed by atoms with E-state index in [-0.39, 0.29) is 30.3 Å². The van der Waals surface area contributed by atoms with Crippen LogP contribution in [0, 0.1) is 11.8 Å². The molecule has 0 aromatic heterocycles. The van der Waals surface area contributed by atoms with Crippen LogP contribution in [0.15, 0.2) is 0 Å². The van der Waals surface area contributed by atoms with Crippen molar-refractivity contribution in [2.24, 2.45) is 11.8 Å². The van der Waals surface area contributed by atoms with Crippen LogP contribution in [-0.2, 0) is 9.47 Å². The maximum Gasteiger partial charge on any atom is 0.248 e. The molecule has 3 atom stereocenters. The smallest absolute Gasteiger partial charge is 0.248 e. The van der Waals surface area contributed by atoms with Gasteiger partial charge in [0, 0.05) is 32.5 Å². The van der Waals surface area contributed by atoms with Gasteiger partial charge in [0.2, 0.25) is 5.92 Å². The molecular weight excluding hydrogens is 266 g/mol. The van der Waals surface area contributed by atoms with Gasteiger partial charge in [0.25, 0.3) is 0 Å². The Morgan fingerprint density at radius 1 is 1.00 bits per heavy atom. The molecule has 1 aliphatic carbocycles. The summed E-state index contributed by atoms with van der Waals surface area (Å²) in [5.74, 6) is -2.33. The summed E-state index contributed by atoms with van der Waals surface area (Å²) >= 11 is 0. The van der Waals surface area contributed by atoms with Gasteiger partial charge in [0.15, 0.2) is 0 Å². The maximum absolute atomic E-state index is 13.2. The minimum Gasteiger partial charge on any atom is -0.393 e. The topological polar surface area (TPSA) is 38.7 Å². The lowest BCUT2D eigenvalue weighted by Gasteiger charge is -2.42. The molecule has 0 radical (unpaired) electrons. The van der Waals surface area contributed by atoms with Gasteiger partial charge in [-0.15, -0.1) is 0 Å². The van der Waals surface area contributed by atoms with E-state index in [0.29, 0.717) is 26.1 Å². The summed E-state index contributed by atoms with van der Waals surface area (Å²) in [7, 11) is 0. The van der Waals surface area contributed by atoms with Crippen LogP contribution in [0.4, 0.5) is 8.78 Å². The SMILES string of the molecule is OC(C1CCC(F)(F)CC1)C1CCOC2(CCOC2)C1. The Labute approximate surface area is 118 Å². The maximum atomic E-state index is 13.2. The van der Waals surface area contributed by atoms with Crippen LogP contribution in [0.25, 0.3) is 0 Å². The predicted octanol–water partition coefficient (Wildman–Crippen LogP) is 2.76. The van der Waals surface area contributed by atoms with E-state index in [1.165, 1.54) is 0 Å². The first-order chi connectivity index (χ1) is 9.50. The standard InChI is InChI=1S/C15H24F2O3/c16-15(17)4-1-11(2-5-15)13(18)12-3-7-20-14(9-12)6-8-19-10-14/h11-13,18H,1-10H2. The van der Waals surface area contributed by atoms with Crippen molar-refractivity contribution in [1.82, 2.24) is 0 Å². The molecule has 3 unspecified atom stereocenters. The number of aliphatic hydroxyl groups excluding tert-OH is 1. The van der Waals surface area contributed by atoms with Crippen LogP contribution in [-0.4, -0.2) is 42.6 Å². The van der Waals surface area contributed by atoms with Crippen LogP contribution in [0.1, 0.15) is 44.9 Å². The van der Waals surface area contributed by atoms with Crippen molar-refractivity contribution in [2.45, 2.75) is 62.6 Å². The van der Waals surface area contributed by atoms with E-state index in [1.807, 2.05) is 0 Å². The zero-order valence-corrected chi connectivity index (χ0v) is 11.8. The largest absolute Gasteiger partial charge is 0.393 e. The summed E-state index contributed by atoms with van der Waals surface area (Å²) < 4.78 is 37.7. The summed E-state index contributed by atoms with van der Waals surface area (Å²) in [5.41, 5.74) is -0.220. The minimum atomic E-state index is -2.52. The molecule has 3 fully saturated rings. The van der Waals surface area contributed by atoms with Gasteiger partial charge < -0.3 is 14.6 Å². The summed E-state index contributed by atoms with van der Waals surface area (Å²) in [4.78, 5) is 0. The second-order valence-corrected chi connectivity index (χ2v) is 6.77. The Kier molecular flexibility index (Phi) is 4.04. The molecule has 0 aromatic rings. The van der Waals surface area contributed by atoms with Crippen molar-refractivity contribution < 1.29 is 23.4 Å². The molecule has 5 heteroatoms. The van der Waals surface area contributed by atoms with Crippen LogP contribution >= 0.6 is 0 Å². The lowest BCUT2D eigenvalue weighted by atomic mass is 9.74. The molecule has 2 aliphatic heterocycles. The van der Waals surface area contributed by atoms with E-state index < -0.39 is 12.0 Å². The number of hydrogen-bond donors (Lipinski definition) is 1. The number of halogens is 2. The van der Waals surface area contributed by atoms with Gasteiger partial charge in [-0.1, -0.05) is 0 Å². The summed E-state index contributed by atoms with van der Waals surface area (Å²) in [5, 5.41) is 10.6. The molecule has 2 heterocycles. The molecule has 1 N–H and O–H groups in total. The summed E-state index contributed by atoms with van der Waals surface area (Å²) in [6.45, 7) is 1.98. The number of ether oxygens (including phenoxy) is 2. The Morgan fingerprint density at radius 3 is 2.40 bits per heavy atom. The van der Waals surface area contributed by atoms with E-state index in [2.05, 4.69) is 0 Å². The summed E-state index contributed by atoms with van der Waals surface area (Å²) in [6.07, 6.45) is 2.78. The van der Waals surface area contributed by atoms with Crippen molar-refractivity contribution in [2.75, 3.05) is 19.8 Å². The number of alkyl halides is 2. The Bertz CT molecular complexity index is 332. The zero-order chi connectivity index (χ0) is 14.2. The molecule has 116 valence electrons. The molecule has 1 saturated carbocycles. The average molecular weight is 290 g/mol. The number of aliphatic hydroxyl groups is 1. The molecule has 3 rings (SSSR count). The van der Waals surface area contributed by atoms with E-state index in [4.69, 9.17) is 9.47 Å². The highest BCUT2D eigenvalue weighted by Crippen LogP contribution is 2.43. The third kappa shape index (κ3) is 3.00. The Balaban J connectivity index is 1.58. The van der Waals surface area contributed by atoms with Gasteiger partial charge >= 0.3 is 0 Å². The lowest BCUT2D eigenvalue weighted by Crippen LogP contribution is -2.46. The molecule has 3 aliphatic rings. The molecular formula is C15H24F2O3. The van der Waals surface area contributed by atoms with Gasteiger partial charge in [-0.05, 0) is 37.5 Å². The minimum absolute atomic E-state index is 0.0251. The van der Waals surface area contributed by atoms with Gasteiger partial charge in [0.1, 0.15) is 0 Å². The van der Waals surface area contributed by atoms with E-state index >= 15 is 0 Å². The van der Waals surface area contributed by atoms with Crippen LogP contribution < -0.4 is 0 Å². The Morgan fingerprint density at radius 2 is 1.75 bits per heavy atom. The zero-order valence-electron chi connectivity index (χ0n) is 11.8. The van der Waals surface area contributed by atoms with E-state index in [9.17, 15) is 13.9 Å². The molecule has 2 saturated heterocycles. The molecule has 0 aromatic carbocycles. The predicted molar refractivity (Wildman–Crippen MR) is 69.8 cm³/mol. The normalized spacial score (nSPS) is 40.0. The van der Waals surface area contributed by atoms with E-state index in [1.54, 1.807) is 0 Å². The van der Waals surface area contributed by atoms with Crippen molar-refractivity contribution >= 4 is 0 Å². The van der Waals surface area contributed by atoms with Crippen molar-refractivity contribution in [3.05, 3.63) is 0 Å². The fraction of sp³-hybridized carbons (Fsp3) is 1.00. The van der Waals surface area contributed by atoms with E-state index in [0.717, 1.165) is 25.9 Å². The lowest BCUT2D eigenvalue weighted by molar-refractivity contribution is -0.131. The number of rotatable bonds is 2. The molecule has 0 bridgehead atoms. The van der Waals surface area contributed by atoms with Gasteiger partial charge in [-0.25, -0.2) is 8.78 Å². The van der Waals surface area contributed by atoms with Gasteiger partial charge in [-0.3, -0.25) is 0 Å². The number of hydrogen-bond acceptors (Lipinski definition) is 3. The van der Waals surface area contributed by atoms with Crippen LogP contribution in [0.5, 0.6) is 0 Å². The fourth-order valence-corrected chi connectivity index (χ4v) is 4.01. The highest BCUT2D eigenvalue weighted by Gasteiger charge is 2.45. The fourth-order valence-electron chi connectivity index (χ4n) is 4.01. The van der Waals surface area contributed by atoms with Crippen LogP contribution in [0.2, 0.25) is 0 Å². The first kappa shape index (κ1) is 14.7. The third-order valence-electron chi connectivity index (χ3n) is 5.33. The van der Waals surface area contributed by atoms with Crippen molar-refractivity contribution in [3.63, 3.8) is 0 Å². The second kappa shape index (κ2) is 5.50. The first-order valence-electron chi connectivity index (χ1n) is 7.77. The second-order valence-electron chi connectivity index (χ2n) is 6.77. The molecule has 0 amide bonds. The molecule has 20 heavy (non-hydrogen) atoms. The van der Waals surface area contributed by atoms with Crippen LogP contribution in [0.3, 0.4) is 0 Å². The van der Waals surface area contributed by atoms with Crippen molar-refractivity contribution in [1.29, 1.82) is 0 Å². The van der Waals surface area contributed by atoms with Gasteiger partial charge in [-0.2, -0.15) is 0 Å². The quantitative estimate of drug-likeness (QED) is 0.850. The molecule has 1 spiro atoms.